The van der Waals surface area contributed by atoms with Crippen LogP contribution in [0.5, 0.6) is 11.5 Å². The Labute approximate surface area is 153 Å². The number of rotatable bonds is 7. The van der Waals surface area contributed by atoms with Gasteiger partial charge in [0, 0.05) is 11.5 Å². The molecule has 1 saturated heterocycles. The Morgan fingerprint density at radius 1 is 1.36 bits per heavy atom. The molecule has 0 aromatic heterocycles. The third-order valence-corrected chi connectivity index (χ3v) is 6.79. The second kappa shape index (κ2) is 8.43. The molecule has 0 atom stereocenters. The summed E-state index contributed by atoms with van der Waals surface area (Å²) in [7, 11) is 2.83. The predicted molar refractivity (Wildman–Crippen MR) is 99.9 cm³/mol. The quantitative estimate of drug-likeness (QED) is 0.437. The SMILES string of the molecule is COc1cc(/C=N\NC(=O)CC2(C)SCCS2)c([N+](=O)[O-])cc1OC. The van der Waals surface area contributed by atoms with Gasteiger partial charge in [-0.1, -0.05) is 0 Å². The molecule has 1 aromatic carbocycles. The Bertz CT molecular complexity index is 690. The summed E-state index contributed by atoms with van der Waals surface area (Å²) in [5.41, 5.74) is 2.44. The zero-order valence-corrected chi connectivity index (χ0v) is 15.7. The molecule has 0 bridgehead atoms. The number of ether oxygens (including phenoxy) is 2. The topological polar surface area (TPSA) is 103 Å². The van der Waals surface area contributed by atoms with Crippen molar-refractivity contribution in [1.82, 2.24) is 5.43 Å². The number of hydrogen-bond donors (Lipinski definition) is 1. The Morgan fingerprint density at radius 2 is 1.96 bits per heavy atom. The number of nitrogens with one attached hydrogen (secondary N) is 1. The summed E-state index contributed by atoms with van der Waals surface area (Å²) in [5, 5.41) is 15.1. The molecule has 1 fully saturated rings. The molecule has 1 heterocycles. The van der Waals surface area contributed by atoms with Crippen molar-refractivity contribution >= 4 is 41.3 Å². The Kier molecular flexibility index (Phi) is 6.54. The van der Waals surface area contributed by atoms with Crippen LogP contribution >= 0.6 is 23.5 Å². The van der Waals surface area contributed by atoms with E-state index in [0.717, 1.165) is 11.5 Å². The van der Waals surface area contributed by atoms with Gasteiger partial charge in [0.2, 0.25) is 5.91 Å². The number of nitro groups is 1. The van der Waals surface area contributed by atoms with E-state index in [2.05, 4.69) is 10.5 Å². The number of methoxy groups -OCH3 is 2. The standard InChI is InChI=1S/C15H19N3O5S2/c1-15(24-4-5-25-15)8-14(19)17-16-9-10-6-12(22-2)13(23-3)7-11(10)18(20)21/h6-7,9H,4-5,8H2,1-3H3,(H,17,19)/b16-9-. The third kappa shape index (κ3) is 5.02. The number of benzene rings is 1. The van der Waals surface area contributed by atoms with Gasteiger partial charge in [0.1, 0.15) is 0 Å². The number of amides is 1. The minimum absolute atomic E-state index is 0.144. The summed E-state index contributed by atoms with van der Waals surface area (Å²) >= 11 is 3.50. The van der Waals surface area contributed by atoms with Gasteiger partial charge < -0.3 is 9.47 Å². The van der Waals surface area contributed by atoms with Gasteiger partial charge in [-0.2, -0.15) is 5.10 Å². The summed E-state index contributed by atoms with van der Waals surface area (Å²) in [5.74, 6) is 2.40. The number of nitro benzene ring substituents is 1. The smallest absolute Gasteiger partial charge is 0.282 e. The second-order valence-corrected chi connectivity index (χ2v) is 8.78. The van der Waals surface area contributed by atoms with Gasteiger partial charge in [0.15, 0.2) is 11.5 Å². The van der Waals surface area contributed by atoms with Crippen molar-refractivity contribution in [2.45, 2.75) is 17.4 Å². The van der Waals surface area contributed by atoms with Crippen molar-refractivity contribution in [3.63, 3.8) is 0 Å². The van der Waals surface area contributed by atoms with Crippen molar-refractivity contribution in [1.29, 1.82) is 0 Å². The highest BCUT2D eigenvalue weighted by atomic mass is 32.2. The van der Waals surface area contributed by atoms with Gasteiger partial charge in [-0.05, 0) is 13.0 Å². The molecule has 25 heavy (non-hydrogen) atoms. The van der Waals surface area contributed by atoms with E-state index in [0.29, 0.717) is 12.2 Å². The van der Waals surface area contributed by atoms with E-state index in [-0.39, 0.29) is 27.0 Å². The Morgan fingerprint density at radius 3 is 2.52 bits per heavy atom. The van der Waals surface area contributed by atoms with E-state index in [1.165, 1.54) is 32.6 Å². The summed E-state index contributed by atoms with van der Waals surface area (Å²) < 4.78 is 10.1. The maximum atomic E-state index is 12.0. The van der Waals surface area contributed by atoms with Gasteiger partial charge >= 0.3 is 0 Å². The van der Waals surface area contributed by atoms with E-state index in [1.54, 1.807) is 23.5 Å². The maximum absolute atomic E-state index is 12.0. The van der Waals surface area contributed by atoms with Crippen LogP contribution in [-0.2, 0) is 4.79 Å². The molecule has 0 spiro atoms. The number of thioether (sulfide) groups is 2. The number of hydrogen-bond acceptors (Lipinski definition) is 8. The highest BCUT2D eigenvalue weighted by Crippen LogP contribution is 2.45. The van der Waals surface area contributed by atoms with E-state index in [1.807, 2.05) is 6.92 Å². The van der Waals surface area contributed by atoms with Crippen LogP contribution in [0.25, 0.3) is 0 Å². The highest BCUT2D eigenvalue weighted by Gasteiger charge is 2.32. The first kappa shape index (κ1) is 19.4. The van der Waals surface area contributed by atoms with Crippen molar-refractivity contribution in [2.75, 3.05) is 25.7 Å². The fourth-order valence-electron chi connectivity index (χ4n) is 2.31. The van der Waals surface area contributed by atoms with Gasteiger partial charge in [-0.25, -0.2) is 5.43 Å². The highest BCUT2D eigenvalue weighted by molar-refractivity contribution is 8.21. The normalized spacial score (nSPS) is 16.0. The molecule has 8 nitrogen and oxygen atoms in total. The molecule has 1 aromatic rings. The zero-order chi connectivity index (χ0) is 18.4. The van der Waals surface area contributed by atoms with Crippen molar-refractivity contribution in [2.24, 2.45) is 5.10 Å². The molecule has 0 aliphatic carbocycles. The maximum Gasteiger partial charge on any atom is 0.282 e. The molecule has 0 radical (unpaired) electrons. The fraction of sp³-hybridized carbons (Fsp3) is 0.467. The van der Waals surface area contributed by atoms with E-state index >= 15 is 0 Å². The first-order valence-electron chi connectivity index (χ1n) is 7.39. The van der Waals surface area contributed by atoms with E-state index in [9.17, 15) is 14.9 Å². The van der Waals surface area contributed by atoms with Crippen molar-refractivity contribution in [3.8, 4) is 11.5 Å². The largest absolute Gasteiger partial charge is 0.493 e. The molecule has 0 unspecified atom stereocenters. The predicted octanol–water partition coefficient (Wildman–Crippen LogP) is 2.65. The van der Waals surface area contributed by atoms with E-state index < -0.39 is 4.92 Å². The average Bonchev–Trinajstić information content (AvgIpc) is 2.99. The van der Waals surface area contributed by atoms with Crippen LogP contribution in [0, 0.1) is 10.1 Å². The monoisotopic (exact) mass is 385 g/mol. The minimum atomic E-state index is -0.544. The molecular weight excluding hydrogens is 366 g/mol. The molecule has 1 aliphatic heterocycles. The van der Waals surface area contributed by atoms with Gasteiger partial charge in [0.05, 0.1) is 47.5 Å². The van der Waals surface area contributed by atoms with Gasteiger partial charge in [0.25, 0.3) is 5.69 Å². The minimum Gasteiger partial charge on any atom is -0.493 e. The van der Waals surface area contributed by atoms with Gasteiger partial charge in [-0.3, -0.25) is 14.9 Å². The fourth-order valence-corrected chi connectivity index (χ4v) is 5.14. The lowest BCUT2D eigenvalue weighted by Gasteiger charge is -2.19. The number of carbonyl (C=O) groups is 1. The van der Waals surface area contributed by atoms with Crippen LogP contribution in [0.1, 0.15) is 18.9 Å². The Balaban J connectivity index is 2.11. The summed E-state index contributed by atoms with van der Waals surface area (Å²) in [6.07, 6.45) is 1.56. The molecule has 0 saturated carbocycles. The molecule has 136 valence electrons. The molecule has 10 heteroatoms. The van der Waals surface area contributed by atoms with Crippen LogP contribution in [0.2, 0.25) is 0 Å². The average molecular weight is 385 g/mol. The van der Waals surface area contributed by atoms with Crippen molar-refractivity contribution < 1.29 is 19.2 Å². The Hall–Kier alpha value is -1.94. The first-order chi connectivity index (χ1) is 11.9. The second-order valence-electron chi connectivity index (χ2n) is 5.32. The van der Waals surface area contributed by atoms with Gasteiger partial charge in [-0.15, -0.1) is 23.5 Å². The van der Waals surface area contributed by atoms with Crippen molar-refractivity contribution in [3.05, 3.63) is 27.8 Å². The first-order valence-corrected chi connectivity index (χ1v) is 9.36. The molecule has 1 amide bonds. The zero-order valence-electron chi connectivity index (χ0n) is 14.1. The summed E-state index contributed by atoms with van der Waals surface area (Å²) in [6, 6.07) is 2.70. The lowest BCUT2D eigenvalue weighted by molar-refractivity contribution is -0.385. The summed E-state index contributed by atoms with van der Waals surface area (Å²) in [6.45, 7) is 2.03. The van der Waals surface area contributed by atoms with Crippen LogP contribution in [0.15, 0.2) is 17.2 Å². The lowest BCUT2D eigenvalue weighted by atomic mass is 10.1. The number of carbonyl (C=O) groups excluding carboxylic acids is 1. The van der Waals surface area contributed by atoms with Crippen LogP contribution < -0.4 is 14.9 Å². The van der Waals surface area contributed by atoms with Crippen LogP contribution in [-0.4, -0.2) is 46.8 Å². The van der Waals surface area contributed by atoms with Crippen LogP contribution in [0.3, 0.4) is 0 Å². The lowest BCUT2D eigenvalue weighted by Crippen LogP contribution is -2.26. The number of nitrogens with zero attached hydrogens (tertiary/aromatic N) is 2. The molecular formula is C15H19N3O5S2. The third-order valence-electron chi connectivity index (χ3n) is 3.50. The molecule has 1 N–H and O–H groups in total. The summed E-state index contributed by atoms with van der Waals surface area (Å²) in [4.78, 5) is 22.7. The number of hydrazone groups is 1. The molecule has 2 rings (SSSR count). The van der Waals surface area contributed by atoms with Crippen LogP contribution in [0.4, 0.5) is 5.69 Å². The van der Waals surface area contributed by atoms with E-state index in [4.69, 9.17) is 9.47 Å². The molecule has 1 aliphatic rings.